The Kier molecular flexibility index (Phi) is 5.57. The first-order chi connectivity index (χ1) is 9.56. The van der Waals surface area contributed by atoms with Crippen molar-refractivity contribution in [2.75, 3.05) is 5.75 Å². The molecule has 1 unspecified atom stereocenters. The lowest BCUT2D eigenvalue weighted by Crippen LogP contribution is -2.26. The van der Waals surface area contributed by atoms with Crippen LogP contribution in [0.5, 0.6) is 0 Å². The van der Waals surface area contributed by atoms with Gasteiger partial charge in [-0.05, 0) is 36.2 Å². The summed E-state index contributed by atoms with van der Waals surface area (Å²) in [6, 6.07) is 11.3. The quantitative estimate of drug-likeness (QED) is 0.803. The average molecular weight is 358 g/mol. The Hall–Kier alpha value is -0.910. The third-order valence-corrected chi connectivity index (χ3v) is 4.52. The van der Waals surface area contributed by atoms with E-state index in [4.69, 9.17) is 5.73 Å². The number of halogens is 3. The van der Waals surface area contributed by atoms with Gasteiger partial charge in [0, 0.05) is 21.2 Å². The molecule has 0 fully saturated rings. The molecule has 106 valence electrons. The minimum absolute atomic E-state index is 0.227. The highest BCUT2D eigenvalue weighted by Crippen LogP contribution is 2.23. The third-order valence-electron chi connectivity index (χ3n) is 2.79. The van der Waals surface area contributed by atoms with E-state index in [-0.39, 0.29) is 17.7 Å². The summed E-state index contributed by atoms with van der Waals surface area (Å²) in [4.78, 5) is 0.569. The van der Waals surface area contributed by atoms with E-state index in [0.29, 0.717) is 27.1 Å². The van der Waals surface area contributed by atoms with Crippen LogP contribution in [0.3, 0.4) is 0 Å². The van der Waals surface area contributed by atoms with Crippen LogP contribution in [0.1, 0.15) is 5.56 Å². The summed E-state index contributed by atoms with van der Waals surface area (Å²) in [6.07, 6.45) is 0.431. The lowest BCUT2D eigenvalue weighted by atomic mass is 10.1. The standard InChI is InChI=1S/C15H14BrF2NS/c16-11-6-5-10(14(18)8-11)7-12(19)9-20-15-4-2-1-3-13(15)17/h1-6,8,12H,7,9,19H2. The van der Waals surface area contributed by atoms with E-state index in [1.165, 1.54) is 23.9 Å². The molecule has 0 saturated carbocycles. The fourth-order valence-electron chi connectivity index (χ4n) is 1.79. The topological polar surface area (TPSA) is 26.0 Å². The first-order valence-electron chi connectivity index (χ1n) is 6.13. The minimum atomic E-state index is -0.272. The second kappa shape index (κ2) is 7.20. The lowest BCUT2D eigenvalue weighted by Gasteiger charge is -2.12. The Bertz CT molecular complexity index is 592. The fourth-order valence-corrected chi connectivity index (χ4v) is 3.01. The largest absolute Gasteiger partial charge is 0.327 e. The van der Waals surface area contributed by atoms with Gasteiger partial charge in [0.2, 0.25) is 0 Å². The van der Waals surface area contributed by atoms with Gasteiger partial charge in [-0.15, -0.1) is 11.8 Å². The minimum Gasteiger partial charge on any atom is -0.327 e. The first-order valence-corrected chi connectivity index (χ1v) is 7.91. The molecule has 0 aromatic heterocycles. The number of nitrogens with two attached hydrogens (primary N) is 1. The molecule has 0 radical (unpaired) electrons. The zero-order valence-corrected chi connectivity index (χ0v) is 13.1. The van der Waals surface area contributed by atoms with Crippen molar-refractivity contribution < 1.29 is 8.78 Å². The van der Waals surface area contributed by atoms with Gasteiger partial charge in [0.15, 0.2) is 0 Å². The van der Waals surface area contributed by atoms with E-state index in [9.17, 15) is 8.78 Å². The summed E-state index contributed by atoms with van der Waals surface area (Å²) in [5.74, 6) is 0.0152. The molecule has 1 nitrogen and oxygen atoms in total. The fraction of sp³-hybridized carbons (Fsp3) is 0.200. The molecule has 5 heteroatoms. The van der Waals surface area contributed by atoms with Crippen molar-refractivity contribution in [2.45, 2.75) is 17.4 Å². The number of benzene rings is 2. The monoisotopic (exact) mass is 357 g/mol. The molecule has 2 aromatic carbocycles. The normalized spacial score (nSPS) is 12.4. The second-order valence-electron chi connectivity index (χ2n) is 4.44. The van der Waals surface area contributed by atoms with Crippen molar-refractivity contribution >= 4 is 27.7 Å². The molecule has 2 aromatic rings. The summed E-state index contributed by atoms with van der Waals surface area (Å²) in [5, 5.41) is 0. The Labute approximate surface area is 129 Å². The Morgan fingerprint density at radius 2 is 1.85 bits per heavy atom. The molecule has 0 spiro atoms. The van der Waals surface area contributed by atoms with E-state index in [2.05, 4.69) is 15.9 Å². The van der Waals surface area contributed by atoms with E-state index < -0.39 is 0 Å². The van der Waals surface area contributed by atoms with Crippen LogP contribution in [-0.2, 0) is 6.42 Å². The summed E-state index contributed by atoms with van der Waals surface area (Å²) in [7, 11) is 0. The molecule has 0 aliphatic heterocycles. The molecule has 0 bridgehead atoms. The van der Waals surface area contributed by atoms with Crippen molar-refractivity contribution in [1.82, 2.24) is 0 Å². The van der Waals surface area contributed by atoms with Gasteiger partial charge in [0.1, 0.15) is 11.6 Å². The predicted molar refractivity (Wildman–Crippen MR) is 82.9 cm³/mol. The third kappa shape index (κ3) is 4.30. The smallest absolute Gasteiger partial charge is 0.136 e. The van der Waals surface area contributed by atoms with Gasteiger partial charge in [-0.25, -0.2) is 8.78 Å². The SMILES string of the molecule is NC(CSc1ccccc1F)Cc1ccc(Br)cc1F. The molecular weight excluding hydrogens is 344 g/mol. The number of hydrogen-bond acceptors (Lipinski definition) is 2. The van der Waals surface area contributed by atoms with Crippen LogP contribution >= 0.6 is 27.7 Å². The molecule has 0 aliphatic carbocycles. The van der Waals surface area contributed by atoms with Crippen LogP contribution < -0.4 is 5.73 Å². The molecule has 0 amide bonds. The number of hydrogen-bond donors (Lipinski definition) is 1. The van der Waals surface area contributed by atoms with Gasteiger partial charge in [-0.3, -0.25) is 0 Å². The molecule has 0 heterocycles. The first kappa shape index (κ1) is 15.5. The molecule has 2 N–H and O–H groups in total. The Morgan fingerprint density at radius 3 is 2.55 bits per heavy atom. The molecule has 20 heavy (non-hydrogen) atoms. The second-order valence-corrected chi connectivity index (χ2v) is 6.42. The summed E-state index contributed by atoms with van der Waals surface area (Å²) in [6.45, 7) is 0. The summed E-state index contributed by atoms with van der Waals surface area (Å²) in [5.41, 5.74) is 6.57. The van der Waals surface area contributed by atoms with Gasteiger partial charge >= 0.3 is 0 Å². The van der Waals surface area contributed by atoms with E-state index in [0.717, 1.165) is 0 Å². The highest BCUT2D eigenvalue weighted by molar-refractivity contribution is 9.10. The van der Waals surface area contributed by atoms with Gasteiger partial charge in [-0.2, -0.15) is 0 Å². The zero-order valence-electron chi connectivity index (χ0n) is 10.7. The van der Waals surface area contributed by atoms with Gasteiger partial charge in [0.25, 0.3) is 0 Å². The number of thioether (sulfide) groups is 1. The molecule has 1 atom stereocenters. The maximum Gasteiger partial charge on any atom is 0.136 e. The molecule has 2 rings (SSSR count). The maximum atomic E-state index is 13.7. The van der Waals surface area contributed by atoms with Crippen molar-refractivity contribution in [2.24, 2.45) is 5.73 Å². The van der Waals surface area contributed by atoms with Gasteiger partial charge < -0.3 is 5.73 Å². The van der Waals surface area contributed by atoms with Crippen molar-refractivity contribution in [3.63, 3.8) is 0 Å². The summed E-state index contributed by atoms with van der Waals surface area (Å²) >= 11 is 4.57. The van der Waals surface area contributed by atoms with E-state index in [1.54, 1.807) is 30.3 Å². The predicted octanol–water partition coefficient (Wildman–Crippen LogP) is 4.39. The summed E-state index contributed by atoms with van der Waals surface area (Å²) < 4.78 is 27.8. The van der Waals surface area contributed by atoms with Crippen LogP contribution in [0.2, 0.25) is 0 Å². The molecular formula is C15H14BrF2NS. The van der Waals surface area contributed by atoms with Gasteiger partial charge in [0.05, 0.1) is 0 Å². The van der Waals surface area contributed by atoms with Crippen molar-refractivity contribution in [3.8, 4) is 0 Å². The average Bonchev–Trinajstić information content (AvgIpc) is 2.41. The zero-order chi connectivity index (χ0) is 14.5. The van der Waals surface area contributed by atoms with Crippen molar-refractivity contribution in [1.29, 1.82) is 0 Å². The lowest BCUT2D eigenvalue weighted by molar-refractivity contribution is 0.594. The highest BCUT2D eigenvalue weighted by atomic mass is 79.9. The Morgan fingerprint density at radius 1 is 1.10 bits per heavy atom. The Balaban J connectivity index is 1.92. The van der Waals surface area contributed by atoms with Crippen LogP contribution in [0.15, 0.2) is 51.8 Å². The van der Waals surface area contributed by atoms with Crippen LogP contribution in [-0.4, -0.2) is 11.8 Å². The van der Waals surface area contributed by atoms with Crippen LogP contribution in [0.25, 0.3) is 0 Å². The molecule has 0 saturated heterocycles. The van der Waals surface area contributed by atoms with Crippen molar-refractivity contribution in [3.05, 3.63) is 64.1 Å². The highest BCUT2D eigenvalue weighted by Gasteiger charge is 2.10. The van der Waals surface area contributed by atoms with Crippen LogP contribution in [0, 0.1) is 11.6 Å². The van der Waals surface area contributed by atoms with E-state index >= 15 is 0 Å². The maximum absolute atomic E-state index is 13.7. The van der Waals surface area contributed by atoms with E-state index in [1.807, 2.05) is 0 Å². The van der Waals surface area contributed by atoms with Crippen LogP contribution in [0.4, 0.5) is 8.78 Å². The molecule has 0 aliphatic rings. The van der Waals surface area contributed by atoms with Gasteiger partial charge in [-0.1, -0.05) is 34.1 Å². The number of rotatable bonds is 5.